The quantitative estimate of drug-likeness (QED) is 0.821. The number of nitrogens with zero attached hydrogens (tertiary/aromatic N) is 2. The fourth-order valence-electron chi connectivity index (χ4n) is 3.45. The zero-order valence-corrected chi connectivity index (χ0v) is 15.1. The number of piperidine rings is 2. The summed E-state index contributed by atoms with van der Waals surface area (Å²) in [5.41, 5.74) is -1.06. The molecule has 2 rings (SSSR count). The van der Waals surface area contributed by atoms with Crippen LogP contribution in [0, 0.1) is 0 Å². The van der Waals surface area contributed by atoms with Crippen LogP contribution in [0.2, 0.25) is 0 Å². The highest BCUT2D eigenvalue weighted by Crippen LogP contribution is 2.23. The van der Waals surface area contributed by atoms with Gasteiger partial charge in [0.25, 0.3) is 0 Å². The molecule has 23 heavy (non-hydrogen) atoms. The van der Waals surface area contributed by atoms with Gasteiger partial charge in [0, 0.05) is 25.7 Å². The average molecular weight is 327 g/mol. The molecule has 1 unspecified atom stereocenters. The Morgan fingerprint density at radius 2 is 2.04 bits per heavy atom. The first-order valence-corrected chi connectivity index (χ1v) is 8.80. The Kier molecular flexibility index (Phi) is 5.92. The van der Waals surface area contributed by atoms with E-state index in [0.717, 1.165) is 45.3 Å². The summed E-state index contributed by atoms with van der Waals surface area (Å²) in [5.74, 6) is 0. The molecule has 0 saturated carbocycles. The topological polar surface area (TPSA) is 65.0 Å². The number of hydrogen-bond acceptors (Lipinski definition) is 5. The lowest BCUT2D eigenvalue weighted by Crippen LogP contribution is -2.55. The van der Waals surface area contributed by atoms with Crippen molar-refractivity contribution in [1.29, 1.82) is 0 Å². The van der Waals surface area contributed by atoms with Crippen molar-refractivity contribution < 1.29 is 14.6 Å². The van der Waals surface area contributed by atoms with Gasteiger partial charge in [-0.25, -0.2) is 4.79 Å². The molecule has 1 amide bonds. The second-order valence-electron chi connectivity index (χ2n) is 8.11. The molecular formula is C17H33N3O3. The highest BCUT2D eigenvalue weighted by Gasteiger charge is 2.35. The molecule has 0 bridgehead atoms. The van der Waals surface area contributed by atoms with E-state index in [1.165, 1.54) is 0 Å². The maximum atomic E-state index is 12.3. The molecule has 0 aliphatic carbocycles. The molecule has 2 aliphatic rings. The number of likely N-dealkylation sites (tertiary alicyclic amines) is 1. The number of carbonyl (C=O) groups excluding carboxylic acids is 1. The monoisotopic (exact) mass is 327 g/mol. The molecule has 2 heterocycles. The standard InChI is InChI=1S/C17H33N3O3/c1-16(2,3)23-15(21)20-11-5-6-14(12-20)19(4)13-17(22)7-9-18-10-8-17/h14,18,22H,5-13H2,1-4H3. The summed E-state index contributed by atoms with van der Waals surface area (Å²) >= 11 is 0. The zero-order valence-electron chi connectivity index (χ0n) is 15.1. The van der Waals surface area contributed by atoms with Gasteiger partial charge in [0.1, 0.15) is 5.60 Å². The van der Waals surface area contributed by atoms with Gasteiger partial charge in [0.2, 0.25) is 0 Å². The summed E-state index contributed by atoms with van der Waals surface area (Å²) in [7, 11) is 2.06. The number of carbonyl (C=O) groups is 1. The lowest BCUT2D eigenvalue weighted by atomic mass is 9.91. The minimum absolute atomic E-state index is 0.226. The third-order valence-electron chi connectivity index (χ3n) is 4.75. The molecule has 0 aromatic carbocycles. The molecular weight excluding hydrogens is 294 g/mol. The number of likely N-dealkylation sites (N-methyl/N-ethyl adjacent to an activating group) is 1. The van der Waals surface area contributed by atoms with Gasteiger partial charge in [-0.1, -0.05) is 0 Å². The molecule has 0 spiro atoms. The van der Waals surface area contributed by atoms with E-state index in [4.69, 9.17) is 4.74 Å². The van der Waals surface area contributed by atoms with Gasteiger partial charge in [-0.2, -0.15) is 0 Å². The molecule has 2 saturated heterocycles. The van der Waals surface area contributed by atoms with Crippen LogP contribution in [0.1, 0.15) is 46.5 Å². The molecule has 6 nitrogen and oxygen atoms in total. The molecule has 2 N–H and O–H groups in total. The highest BCUT2D eigenvalue weighted by atomic mass is 16.6. The first-order valence-electron chi connectivity index (χ1n) is 8.80. The molecule has 2 aliphatic heterocycles. The van der Waals surface area contributed by atoms with Crippen LogP contribution in [0.5, 0.6) is 0 Å². The molecule has 6 heteroatoms. The highest BCUT2D eigenvalue weighted by molar-refractivity contribution is 5.68. The summed E-state index contributed by atoms with van der Waals surface area (Å²) in [6.45, 7) is 9.54. The average Bonchev–Trinajstić information content (AvgIpc) is 2.46. The predicted octanol–water partition coefficient (Wildman–Crippen LogP) is 1.43. The Balaban J connectivity index is 1.88. The summed E-state index contributed by atoms with van der Waals surface area (Å²) in [6.07, 6.45) is 3.40. The maximum absolute atomic E-state index is 12.3. The number of rotatable bonds is 3. The Bertz CT molecular complexity index is 402. The van der Waals surface area contributed by atoms with Gasteiger partial charge in [-0.05, 0) is 66.6 Å². The normalized spacial score (nSPS) is 25.5. The number of aliphatic hydroxyl groups is 1. The largest absolute Gasteiger partial charge is 0.444 e. The SMILES string of the molecule is CN(CC1(O)CCNCC1)C1CCCN(C(=O)OC(C)(C)C)C1. The fourth-order valence-corrected chi connectivity index (χ4v) is 3.45. The van der Waals surface area contributed by atoms with Crippen molar-refractivity contribution >= 4 is 6.09 Å². The van der Waals surface area contributed by atoms with Crippen molar-refractivity contribution in [2.75, 3.05) is 39.8 Å². The van der Waals surface area contributed by atoms with Crippen LogP contribution in [0.4, 0.5) is 4.79 Å². The van der Waals surface area contributed by atoms with E-state index in [2.05, 4.69) is 17.3 Å². The van der Waals surface area contributed by atoms with E-state index < -0.39 is 11.2 Å². The molecule has 134 valence electrons. The van der Waals surface area contributed by atoms with E-state index in [1.54, 1.807) is 0 Å². The number of nitrogens with one attached hydrogen (secondary N) is 1. The van der Waals surface area contributed by atoms with Crippen molar-refractivity contribution in [1.82, 2.24) is 15.1 Å². The van der Waals surface area contributed by atoms with E-state index >= 15 is 0 Å². The molecule has 0 radical (unpaired) electrons. The van der Waals surface area contributed by atoms with Gasteiger partial charge in [0.15, 0.2) is 0 Å². The third-order valence-corrected chi connectivity index (χ3v) is 4.75. The van der Waals surface area contributed by atoms with Gasteiger partial charge in [-0.15, -0.1) is 0 Å². The van der Waals surface area contributed by atoms with Crippen LogP contribution >= 0.6 is 0 Å². The van der Waals surface area contributed by atoms with E-state index in [1.807, 2.05) is 25.7 Å². The lowest BCUT2D eigenvalue weighted by Gasteiger charge is -2.42. The smallest absolute Gasteiger partial charge is 0.410 e. The Hall–Kier alpha value is -0.850. The summed E-state index contributed by atoms with van der Waals surface area (Å²) in [4.78, 5) is 16.3. The zero-order chi connectivity index (χ0) is 17.1. The van der Waals surface area contributed by atoms with Crippen molar-refractivity contribution in [2.45, 2.75) is 63.7 Å². The second kappa shape index (κ2) is 7.36. The minimum atomic E-state index is -0.603. The Labute approximate surface area is 140 Å². The lowest BCUT2D eigenvalue weighted by molar-refractivity contribution is -0.0337. The third kappa shape index (κ3) is 5.62. The fraction of sp³-hybridized carbons (Fsp3) is 0.941. The van der Waals surface area contributed by atoms with Crippen LogP contribution in [0.3, 0.4) is 0 Å². The van der Waals surface area contributed by atoms with Gasteiger partial charge in [-0.3, -0.25) is 4.90 Å². The maximum Gasteiger partial charge on any atom is 0.410 e. The van der Waals surface area contributed by atoms with Gasteiger partial charge in [0.05, 0.1) is 5.60 Å². The Morgan fingerprint density at radius 3 is 2.65 bits per heavy atom. The van der Waals surface area contributed by atoms with Gasteiger partial charge >= 0.3 is 6.09 Å². The van der Waals surface area contributed by atoms with E-state index in [9.17, 15) is 9.90 Å². The van der Waals surface area contributed by atoms with Crippen LogP contribution in [0.15, 0.2) is 0 Å². The van der Waals surface area contributed by atoms with Crippen LogP contribution < -0.4 is 5.32 Å². The molecule has 2 fully saturated rings. The predicted molar refractivity (Wildman–Crippen MR) is 90.5 cm³/mol. The van der Waals surface area contributed by atoms with Crippen molar-refractivity contribution in [2.24, 2.45) is 0 Å². The Morgan fingerprint density at radius 1 is 1.39 bits per heavy atom. The van der Waals surface area contributed by atoms with Crippen LogP contribution in [-0.2, 0) is 4.74 Å². The van der Waals surface area contributed by atoms with Crippen molar-refractivity contribution in [3.05, 3.63) is 0 Å². The number of amides is 1. The van der Waals surface area contributed by atoms with Crippen molar-refractivity contribution in [3.63, 3.8) is 0 Å². The molecule has 1 atom stereocenters. The van der Waals surface area contributed by atoms with Crippen LogP contribution in [0.25, 0.3) is 0 Å². The van der Waals surface area contributed by atoms with Crippen molar-refractivity contribution in [3.8, 4) is 0 Å². The summed E-state index contributed by atoms with van der Waals surface area (Å²) < 4.78 is 5.49. The van der Waals surface area contributed by atoms with Crippen LogP contribution in [-0.4, -0.2) is 78.0 Å². The summed E-state index contributed by atoms with van der Waals surface area (Å²) in [5, 5.41) is 14.0. The first-order chi connectivity index (χ1) is 10.7. The van der Waals surface area contributed by atoms with Gasteiger partial charge < -0.3 is 20.1 Å². The second-order valence-corrected chi connectivity index (χ2v) is 8.11. The number of hydrogen-bond donors (Lipinski definition) is 2. The first kappa shape index (κ1) is 18.5. The summed E-state index contributed by atoms with van der Waals surface area (Å²) in [6, 6.07) is 0.287. The van der Waals surface area contributed by atoms with E-state index in [-0.39, 0.29) is 12.1 Å². The minimum Gasteiger partial charge on any atom is -0.444 e. The molecule has 0 aromatic heterocycles. The number of ether oxygens (including phenoxy) is 1. The molecule has 0 aromatic rings. The van der Waals surface area contributed by atoms with E-state index in [0.29, 0.717) is 13.1 Å².